The van der Waals surface area contributed by atoms with Crippen LogP contribution in [0.4, 0.5) is 5.95 Å². The summed E-state index contributed by atoms with van der Waals surface area (Å²) >= 11 is 5.88. The van der Waals surface area contributed by atoms with Crippen LogP contribution in [0.25, 0.3) is 5.65 Å². The van der Waals surface area contributed by atoms with E-state index in [-0.39, 0.29) is 11.8 Å². The van der Waals surface area contributed by atoms with Crippen LogP contribution in [-0.4, -0.2) is 40.9 Å². The van der Waals surface area contributed by atoms with Crippen molar-refractivity contribution >= 4 is 29.1 Å². The Balaban J connectivity index is 1.53. The highest BCUT2D eigenvalue weighted by molar-refractivity contribution is 6.29. The van der Waals surface area contributed by atoms with Gasteiger partial charge in [-0.2, -0.15) is 14.6 Å². The number of aryl methyl sites for hydroxylation is 1. The average Bonchev–Trinajstić information content (AvgIpc) is 3.15. The van der Waals surface area contributed by atoms with Gasteiger partial charge in [0.25, 0.3) is 0 Å². The fraction of sp³-hybridized carbons (Fsp3) is 0.429. The molecule has 0 aliphatic carbocycles. The van der Waals surface area contributed by atoms with Gasteiger partial charge in [0.05, 0.1) is 0 Å². The number of aromatic nitrogens is 7. The van der Waals surface area contributed by atoms with Crippen molar-refractivity contribution in [2.45, 2.75) is 39.0 Å². The van der Waals surface area contributed by atoms with E-state index in [1.807, 2.05) is 13.8 Å². The van der Waals surface area contributed by atoms with E-state index in [1.54, 1.807) is 16.6 Å². The van der Waals surface area contributed by atoms with Crippen molar-refractivity contribution in [3.8, 4) is 0 Å². The Morgan fingerprint density at radius 3 is 2.96 bits per heavy atom. The molecule has 3 heterocycles. The minimum absolute atomic E-state index is 0.149. The molecule has 0 spiro atoms. The molecule has 126 valence electrons. The number of H-pyrrole nitrogens is 1. The first kappa shape index (κ1) is 16.3. The van der Waals surface area contributed by atoms with Gasteiger partial charge in [-0.15, -0.1) is 15.3 Å². The van der Waals surface area contributed by atoms with Crippen LogP contribution in [0, 0.1) is 0 Å². The molecule has 24 heavy (non-hydrogen) atoms. The van der Waals surface area contributed by atoms with Gasteiger partial charge in [-0.3, -0.25) is 15.2 Å². The van der Waals surface area contributed by atoms with Crippen molar-refractivity contribution in [3.63, 3.8) is 0 Å². The molecule has 9 nitrogen and oxygen atoms in total. The van der Waals surface area contributed by atoms with Gasteiger partial charge in [0.1, 0.15) is 11.0 Å². The first-order valence-corrected chi connectivity index (χ1v) is 7.99. The maximum atomic E-state index is 12.0. The molecular formula is C14H17ClN8O. The van der Waals surface area contributed by atoms with E-state index >= 15 is 0 Å². The summed E-state index contributed by atoms with van der Waals surface area (Å²) in [4.78, 5) is 16.2. The van der Waals surface area contributed by atoms with Crippen LogP contribution in [-0.2, 0) is 11.2 Å². The second-order valence-corrected chi connectivity index (χ2v) is 6.03. The molecule has 0 atom stereocenters. The number of carbonyl (C=O) groups is 1. The second-order valence-electron chi connectivity index (χ2n) is 5.64. The summed E-state index contributed by atoms with van der Waals surface area (Å²) in [6.45, 7) is 3.99. The monoisotopic (exact) mass is 348 g/mol. The summed E-state index contributed by atoms with van der Waals surface area (Å²) < 4.78 is 1.59. The van der Waals surface area contributed by atoms with Crippen LogP contribution in [0.2, 0.25) is 5.15 Å². The maximum Gasteiger partial charge on any atom is 0.248 e. The zero-order chi connectivity index (χ0) is 17.1. The zero-order valence-corrected chi connectivity index (χ0v) is 14.1. The van der Waals surface area contributed by atoms with Gasteiger partial charge in [-0.25, -0.2) is 0 Å². The van der Waals surface area contributed by atoms with Crippen LogP contribution in [0.15, 0.2) is 12.1 Å². The number of rotatable bonds is 6. The molecule has 1 amide bonds. The van der Waals surface area contributed by atoms with E-state index in [2.05, 4.69) is 35.8 Å². The highest BCUT2D eigenvalue weighted by Crippen LogP contribution is 2.11. The van der Waals surface area contributed by atoms with Crippen molar-refractivity contribution in [1.82, 2.24) is 35.0 Å². The lowest BCUT2D eigenvalue weighted by atomic mass is 10.2. The molecular weight excluding hydrogens is 332 g/mol. The van der Waals surface area contributed by atoms with E-state index in [9.17, 15) is 4.79 Å². The number of fused-ring (bicyclic) bond motifs is 1. The number of hydrogen-bond donors (Lipinski definition) is 2. The summed E-state index contributed by atoms with van der Waals surface area (Å²) in [5, 5.41) is 22.0. The minimum Gasteiger partial charge on any atom is -0.293 e. The fourth-order valence-electron chi connectivity index (χ4n) is 2.15. The second kappa shape index (κ2) is 6.91. The van der Waals surface area contributed by atoms with E-state index in [0.29, 0.717) is 41.8 Å². The van der Waals surface area contributed by atoms with Gasteiger partial charge in [0.15, 0.2) is 11.5 Å². The highest BCUT2D eigenvalue weighted by Gasteiger charge is 2.11. The number of nitrogens with zero attached hydrogens (tertiary/aromatic N) is 6. The third-order valence-electron chi connectivity index (χ3n) is 3.40. The van der Waals surface area contributed by atoms with E-state index in [0.717, 1.165) is 5.82 Å². The lowest BCUT2D eigenvalue weighted by Gasteiger charge is -2.01. The number of carbonyl (C=O) groups excluding carboxylic acids is 1. The summed E-state index contributed by atoms with van der Waals surface area (Å²) in [5.41, 5.74) is 0.626. The molecule has 0 aliphatic heterocycles. The normalized spacial score (nSPS) is 11.3. The van der Waals surface area contributed by atoms with Crippen LogP contribution >= 0.6 is 11.6 Å². The smallest absolute Gasteiger partial charge is 0.248 e. The van der Waals surface area contributed by atoms with Crippen molar-refractivity contribution in [2.24, 2.45) is 0 Å². The fourth-order valence-corrected chi connectivity index (χ4v) is 2.29. The van der Waals surface area contributed by atoms with Crippen LogP contribution in [0.3, 0.4) is 0 Å². The predicted molar refractivity (Wildman–Crippen MR) is 87.8 cm³/mol. The summed E-state index contributed by atoms with van der Waals surface area (Å²) in [7, 11) is 0. The number of anilines is 1. The summed E-state index contributed by atoms with van der Waals surface area (Å²) in [6.07, 6.45) is 1.48. The molecule has 0 saturated carbocycles. The Hall–Kier alpha value is -2.55. The van der Waals surface area contributed by atoms with E-state index in [4.69, 9.17) is 11.6 Å². The number of aromatic amines is 1. The van der Waals surface area contributed by atoms with Crippen LogP contribution < -0.4 is 5.32 Å². The van der Waals surface area contributed by atoms with Crippen LogP contribution in [0.1, 0.15) is 44.3 Å². The zero-order valence-electron chi connectivity index (χ0n) is 13.3. The molecule has 0 saturated heterocycles. The van der Waals surface area contributed by atoms with Crippen molar-refractivity contribution < 1.29 is 4.79 Å². The quantitative estimate of drug-likeness (QED) is 0.704. The van der Waals surface area contributed by atoms with Crippen molar-refractivity contribution in [3.05, 3.63) is 28.9 Å². The molecule has 0 aliphatic rings. The first-order valence-electron chi connectivity index (χ1n) is 7.62. The number of halogens is 1. The third kappa shape index (κ3) is 3.67. The third-order valence-corrected chi connectivity index (χ3v) is 3.60. The topological polar surface area (TPSA) is 114 Å². The maximum absolute atomic E-state index is 12.0. The molecule has 0 bridgehead atoms. The van der Waals surface area contributed by atoms with Crippen molar-refractivity contribution in [2.75, 3.05) is 5.32 Å². The molecule has 3 aromatic rings. The van der Waals surface area contributed by atoms with Crippen molar-refractivity contribution in [1.29, 1.82) is 0 Å². The van der Waals surface area contributed by atoms with E-state index < -0.39 is 0 Å². The molecule has 10 heteroatoms. The minimum atomic E-state index is -0.149. The number of amides is 1. The Bertz CT molecular complexity index is 855. The van der Waals surface area contributed by atoms with Gasteiger partial charge >= 0.3 is 0 Å². The number of nitrogens with one attached hydrogen (secondary N) is 2. The predicted octanol–water partition coefficient (Wildman–Crippen LogP) is 1.98. The Labute approximate surface area is 142 Å². The average molecular weight is 349 g/mol. The SMILES string of the molecule is CC(C)c1nc(NC(=O)CCCc2nnc3ccc(Cl)nn23)n[nH]1. The highest BCUT2D eigenvalue weighted by atomic mass is 35.5. The van der Waals surface area contributed by atoms with Crippen LogP contribution in [0.5, 0.6) is 0 Å². The van der Waals surface area contributed by atoms with Gasteiger partial charge < -0.3 is 0 Å². The largest absolute Gasteiger partial charge is 0.293 e. The first-order chi connectivity index (χ1) is 11.5. The Morgan fingerprint density at radius 2 is 2.21 bits per heavy atom. The van der Waals surface area contributed by atoms with E-state index in [1.165, 1.54) is 0 Å². The molecule has 3 rings (SSSR count). The molecule has 0 radical (unpaired) electrons. The molecule has 0 unspecified atom stereocenters. The van der Waals surface area contributed by atoms with Gasteiger partial charge in [0.2, 0.25) is 11.9 Å². The lowest BCUT2D eigenvalue weighted by molar-refractivity contribution is -0.116. The van der Waals surface area contributed by atoms with Gasteiger partial charge in [0, 0.05) is 18.8 Å². The van der Waals surface area contributed by atoms with Gasteiger partial charge in [-0.05, 0) is 18.6 Å². The molecule has 0 aromatic carbocycles. The molecule has 3 aromatic heterocycles. The summed E-state index contributed by atoms with van der Waals surface area (Å²) in [5.74, 6) is 1.78. The Kier molecular flexibility index (Phi) is 4.70. The number of hydrogen-bond acceptors (Lipinski definition) is 6. The summed E-state index contributed by atoms with van der Waals surface area (Å²) in [6, 6.07) is 3.40. The van der Waals surface area contributed by atoms with Gasteiger partial charge in [-0.1, -0.05) is 25.4 Å². The molecule has 0 fully saturated rings. The standard InChI is InChI=1S/C14H17ClN8O/c1-8(2)13-17-14(21-20-13)16-12(24)5-3-4-10-18-19-11-7-6-9(15)22-23(10)11/h6-8H,3-5H2,1-2H3,(H2,16,17,20,21,24). The Morgan fingerprint density at radius 1 is 1.38 bits per heavy atom. The lowest BCUT2D eigenvalue weighted by Crippen LogP contribution is -2.13. The molecule has 2 N–H and O–H groups in total.